The van der Waals surface area contributed by atoms with E-state index in [2.05, 4.69) is 5.32 Å². The molecule has 0 saturated carbocycles. The van der Waals surface area contributed by atoms with Crippen LogP contribution in [0, 0.1) is 20.8 Å². The molecule has 0 saturated heterocycles. The van der Waals surface area contributed by atoms with Gasteiger partial charge in [-0.05, 0) is 56.2 Å². The number of anilines is 1. The molecular weight excluding hydrogens is 455 g/mol. The van der Waals surface area contributed by atoms with Gasteiger partial charge in [-0.15, -0.1) is 0 Å². The Labute approximate surface area is 202 Å². The molecule has 0 atom stereocenters. The van der Waals surface area contributed by atoms with Gasteiger partial charge in [-0.25, -0.2) is 0 Å². The zero-order valence-corrected chi connectivity index (χ0v) is 20.0. The summed E-state index contributed by atoms with van der Waals surface area (Å²) in [5, 5.41) is 3.92. The summed E-state index contributed by atoms with van der Waals surface area (Å²) < 4.78 is 1.84. The lowest BCUT2D eigenvalue weighted by molar-refractivity contribution is 0.102. The van der Waals surface area contributed by atoms with Crippen LogP contribution in [-0.2, 0) is 0 Å². The number of amides is 1. The van der Waals surface area contributed by atoms with E-state index in [4.69, 9.17) is 23.2 Å². The number of rotatable bonds is 4. The molecule has 166 valence electrons. The smallest absolute Gasteiger partial charge is 0.261 e. The van der Waals surface area contributed by atoms with Crippen molar-refractivity contribution in [1.29, 1.82) is 0 Å². The first-order chi connectivity index (χ1) is 15.8. The summed E-state index contributed by atoms with van der Waals surface area (Å²) in [4.78, 5) is 26.9. The molecule has 0 aliphatic heterocycles. The zero-order chi connectivity index (χ0) is 23.7. The van der Waals surface area contributed by atoms with Crippen LogP contribution >= 0.6 is 23.2 Å². The standard InChI is InChI=1S/C27H22Cl2N2O2/c1-16-8-6-9-17(2)25(16)30-27(33)24-23(32)14-18(3)31(20-11-7-10-19(28)15-20)26(24)21-12-4-5-13-22(21)29/h4-15H,1-3H3,(H,30,33). The van der Waals surface area contributed by atoms with Crippen molar-refractivity contribution in [1.82, 2.24) is 4.57 Å². The second-order valence-electron chi connectivity index (χ2n) is 7.89. The maximum Gasteiger partial charge on any atom is 0.261 e. The van der Waals surface area contributed by atoms with Crippen LogP contribution in [0.3, 0.4) is 0 Å². The fourth-order valence-corrected chi connectivity index (χ4v) is 4.40. The first-order valence-electron chi connectivity index (χ1n) is 10.4. The third kappa shape index (κ3) is 4.45. The van der Waals surface area contributed by atoms with Crippen LogP contribution in [0.4, 0.5) is 5.69 Å². The van der Waals surface area contributed by atoms with E-state index >= 15 is 0 Å². The highest BCUT2D eigenvalue weighted by Gasteiger charge is 2.24. The van der Waals surface area contributed by atoms with E-state index in [1.807, 2.05) is 61.7 Å². The number of pyridine rings is 1. The molecule has 0 bridgehead atoms. The van der Waals surface area contributed by atoms with Crippen molar-refractivity contribution in [2.45, 2.75) is 20.8 Å². The second-order valence-corrected chi connectivity index (χ2v) is 8.73. The summed E-state index contributed by atoms with van der Waals surface area (Å²) in [5.74, 6) is -0.497. The molecule has 0 fully saturated rings. The molecule has 0 unspecified atom stereocenters. The summed E-state index contributed by atoms with van der Waals surface area (Å²) >= 11 is 12.8. The van der Waals surface area contributed by atoms with E-state index in [0.717, 1.165) is 16.8 Å². The van der Waals surface area contributed by atoms with Crippen LogP contribution in [0.5, 0.6) is 0 Å². The molecule has 1 N–H and O–H groups in total. The minimum atomic E-state index is -0.497. The Morgan fingerprint density at radius 2 is 1.52 bits per heavy atom. The molecule has 6 heteroatoms. The Balaban J connectivity index is 2.03. The minimum absolute atomic E-state index is 0.0105. The first-order valence-corrected chi connectivity index (χ1v) is 11.2. The topological polar surface area (TPSA) is 51.1 Å². The van der Waals surface area contributed by atoms with Crippen molar-refractivity contribution in [3.63, 3.8) is 0 Å². The summed E-state index contributed by atoms with van der Waals surface area (Å²) in [6, 6.07) is 21.6. The van der Waals surface area contributed by atoms with Crippen molar-refractivity contribution in [2.75, 3.05) is 5.32 Å². The Bertz CT molecular complexity index is 1420. The van der Waals surface area contributed by atoms with Gasteiger partial charge in [0.25, 0.3) is 5.91 Å². The molecule has 0 aliphatic rings. The monoisotopic (exact) mass is 476 g/mol. The first kappa shape index (κ1) is 22.8. The van der Waals surface area contributed by atoms with Gasteiger partial charge in [0.15, 0.2) is 5.43 Å². The Kier molecular flexibility index (Phi) is 6.41. The van der Waals surface area contributed by atoms with Crippen molar-refractivity contribution < 1.29 is 4.79 Å². The molecule has 1 heterocycles. The predicted octanol–water partition coefficient (Wildman–Crippen LogP) is 6.99. The molecule has 3 aromatic carbocycles. The normalized spacial score (nSPS) is 10.8. The van der Waals surface area contributed by atoms with Crippen molar-refractivity contribution >= 4 is 34.8 Å². The largest absolute Gasteiger partial charge is 0.321 e. The molecule has 1 amide bonds. The number of halogens is 2. The van der Waals surface area contributed by atoms with Gasteiger partial charge in [-0.3, -0.25) is 9.59 Å². The highest BCUT2D eigenvalue weighted by Crippen LogP contribution is 2.33. The number of hydrogen-bond acceptors (Lipinski definition) is 2. The lowest BCUT2D eigenvalue weighted by atomic mass is 10.0. The third-order valence-electron chi connectivity index (χ3n) is 5.54. The average Bonchev–Trinajstić information content (AvgIpc) is 2.76. The number of aryl methyl sites for hydroxylation is 3. The van der Waals surface area contributed by atoms with Gasteiger partial charge >= 0.3 is 0 Å². The number of benzene rings is 3. The van der Waals surface area contributed by atoms with E-state index in [0.29, 0.717) is 32.7 Å². The van der Waals surface area contributed by atoms with Gasteiger partial charge in [0.05, 0.1) is 5.69 Å². The zero-order valence-electron chi connectivity index (χ0n) is 18.4. The van der Waals surface area contributed by atoms with E-state index in [9.17, 15) is 9.59 Å². The van der Waals surface area contributed by atoms with Gasteiger partial charge in [-0.1, -0.05) is 65.7 Å². The average molecular weight is 477 g/mol. The summed E-state index contributed by atoms with van der Waals surface area (Å²) in [7, 11) is 0. The van der Waals surface area contributed by atoms with Crippen LogP contribution in [0.15, 0.2) is 77.6 Å². The second kappa shape index (κ2) is 9.26. The molecular formula is C27H22Cl2N2O2. The van der Waals surface area contributed by atoms with Crippen LogP contribution in [0.25, 0.3) is 16.9 Å². The summed E-state index contributed by atoms with van der Waals surface area (Å²) in [5.41, 5.74) is 4.48. The minimum Gasteiger partial charge on any atom is -0.321 e. The fourth-order valence-electron chi connectivity index (χ4n) is 3.99. The molecule has 1 aromatic heterocycles. The molecule has 33 heavy (non-hydrogen) atoms. The number of carbonyl (C=O) groups is 1. The molecule has 4 nitrogen and oxygen atoms in total. The molecule has 0 radical (unpaired) electrons. The lowest BCUT2D eigenvalue weighted by Gasteiger charge is -2.22. The summed E-state index contributed by atoms with van der Waals surface area (Å²) in [6.45, 7) is 5.64. The Morgan fingerprint density at radius 3 is 2.18 bits per heavy atom. The van der Waals surface area contributed by atoms with E-state index in [1.165, 1.54) is 6.07 Å². The fraction of sp³-hybridized carbons (Fsp3) is 0.111. The van der Waals surface area contributed by atoms with Crippen molar-refractivity contribution in [3.8, 4) is 16.9 Å². The van der Waals surface area contributed by atoms with Crippen LogP contribution in [0.1, 0.15) is 27.2 Å². The molecule has 4 rings (SSSR count). The van der Waals surface area contributed by atoms with Crippen LogP contribution in [-0.4, -0.2) is 10.5 Å². The van der Waals surface area contributed by atoms with Crippen LogP contribution < -0.4 is 10.7 Å². The molecule has 0 aliphatic carbocycles. The van der Waals surface area contributed by atoms with E-state index in [-0.39, 0.29) is 11.0 Å². The summed E-state index contributed by atoms with van der Waals surface area (Å²) in [6.07, 6.45) is 0. The number of nitrogens with one attached hydrogen (secondary N) is 1. The number of nitrogens with zero attached hydrogens (tertiary/aromatic N) is 1. The quantitative estimate of drug-likeness (QED) is 0.345. The van der Waals surface area contributed by atoms with Crippen molar-refractivity contribution in [2.24, 2.45) is 0 Å². The SMILES string of the molecule is Cc1cccc(C)c1NC(=O)c1c(-c2ccccc2Cl)n(-c2cccc(Cl)c2)c(C)cc1=O. The third-order valence-corrected chi connectivity index (χ3v) is 6.11. The predicted molar refractivity (Wildman–Crippen MR) is 136 cm³/mol. The van der Waals surface area contributed by atoms with Gasteiger partial charge in [0.1, 0.15) is 5.56 Å². The number of hydrogen-bond donors (Lipinski definition) is 1. The number of aromatic nitrogens is 1. The van der Waals surface area contributed by atoms with E-state index < -0.39 is 5.91 Å². The number of para-hydroxylation sites is 1. The lowest BCUT2D eigenvalue weighted by Crippen LogP contribution is -2.26. The Hall–Kier alpha value is -3.34. The van der Waals surface area contributed by atoms with Gasteiger partial charge < -0.3 is 9.88 Å². The Morgan fingerprint density at radius 1 is 0.848 bits per heavy atom. The molecule has 0 spiro atoms. The van der Waals surface area contributed by atoms with Crippen LogP contribution in [0.2, 0.25) is 10.0 Å². The maximum absolute atomic E-state index is 13.6. The van der Waals surface area contributed by atoms with Gasteiger partial charge in [-0.2, -0.15) is 0 Å². The van der Waals surface area contributed by atoms with Gasteiger partial charge in [0.2, 0.25) is 0 Å². The van der Waals surface area contributed by atoms with E-state index in [1.54, 1.807) is 30.3 Å². The highest BCUT2D eigenvalue weighted by molar-refractivity contribution is 6.33. The highest BCUT2D eigenvalue weighted by atomic mass is 35.5. The maximum atomic E-state index is 13.6. The number of carbonyl (C=O) groups excluding carboxylic acids is 1. The van der Waals surface area contributed by atoms with Crippen molar-refractivity contribution in [3.05, 3.63) is 115 Å². The molecule has 4 aromatic rings. The van der Waals surface area contributed by atoms with Gasteiger partial charge in [0, 0.05) is 38.7 Å².